The molecule has 1 heterocycles. The standard InChI is InChI=1S/C25H36N2O2/c1-19-18-27(3)20(2)16-25(19,17-22-9-7-6-8-10-22)26-14-13-21-11-12-23(28-4)24(15-21)29-5/h6-12,15,19-20,26H,13-14,16-18H2,1-5H3/p+2/t19-,20-,25+/m1/s1. The minimum absolute atomic E-state index is 0.261. The fourth-order valence-electron chi connectivity index (χ4n) is 4.97. The maximum Gasteiger partial charge on any atom is 0.160 e. The molecule has 29 heavy (non-hydrogen) atoms. The third-order valence-corrected chi connectivity index (χ3v) is 6.94. The van der Waals surface area contributed by atoms with Gasteiger partial charge in [0.25, 0.3) is 0 Å². The van der Waals surface area contributed by atoms with Crippen LogP contribution in [0.1, 0.15) is 31.4 Å². The summed E-state index contributed by atoms with van der Waals surface area (Å²) >= 11 is 0. The predicted octanol–water partition coefficient (Wildman–Crippen LogP) is 1.73. The van der Waals surface area contributed by atoms with Gasteiger partial charge in [-0.1, -0.05) is 43.3 Å². The zero-order valence-electron chi connectivity index (χ0n) is 18.7. The number of rotatable bonds is 8. The molecule has 4 heteroatoms. The fourth-order valence-corrected chi connectivity index (χ4v) is 4.97. The number of quaternary nitrogens is 2. The number of benzene rings is 2. The Bertz CT molecular complexity index is 780. The number of nitrogens with two attached hydrogens (primary N) is 1. The van der Waals surface area contributed by atoms with E-state index in [9.17, 15) is 0 Å². The maximum atomic E-state index is 5.48. The lowest BCUT2D eigenvalue weighted by Gasteiger charge is -2.45. The molecule has 2 aromatic rings. The Labute approximate surface area is 176 Å². The van der Waals surface area contributed by atoms with Gasteiger partial charge in [-0.3, -0.25) is 0 Å². The molecule has 1 fully saturated rings. The van der Waals surface area contributed by atoms with Crippen LogP contribution in [0.5, 0.6) is 11.5 Å². The van der Waals surface area contributed by atoms with Crippen LogP contribution in [0.4, 0.5) is 0 Å². The molecule has 2 aromatic carbocycles. The Hall–Kier alpha value is -2.04. The highest BCUT2D eigenvalue weighted by atomic mass is 16.5. The van der Waals surface area contributed by atoms with Gasteiger partial charge in [0, 0.05) is 12.8 Å². The molecule has 0 aromatic heterocycles. The average Bonchev–Trinajstić information content (AvgIpc) is 2.73. The summed E-state index contributed by atoms with van der Waals surface area (Å²) in [5.41, 5.74) is 3.01. The highest BCUT2D eigenvalue weighted by molar-refractivity contribution is 5.42. The Kier molecular flexibility index (Phi) is 7.20. The summed E-state index contributed by atoms with van der Waals surface area (Å²) in [7, 11) is 5.73. The molecule has 0 aliphatic carbocycles. The van der Waals surface area contributed by atoms with E-state index in [1.54, 1.807) is 19.1 Å². The SMILES string of the molecule is COc1ccc(CC[NH2+][C@]2(Cc3ccccc3)C[C@@H](C)[NH+](C)C[C@H]2C)cc1OC. The molecule has 4 atom stereocenters. The maximum absolute atomic E-state index is 5.48. The Morgan fingerprint density at radius 1 is 1.00 bits per heavy atom. The van der Waals surface area contributed by atoms with E-state index in [-0.39, 0.29) is 5.54 Å². The number of nitrogens with one attached hydrogen (secondary N) is 1. The first-order valence-corrected chi connectivity index (χ1v) is 10.9. The smallest absolute Gasteiger partial charge is 0.160 e. The van der Waals surface area contributed by atoms with Crippen molar-refractivity contribution < 1.29 is 19.7 Å². The van der Waals surface area contributed by atoms with Crippen LogP contribution < -0.4 is 19.7 Å². The minimum atomic E-state index is 0.261. The van der Waals surface area contributed by atoms with Crippen molar-refractivity contribution in [2.75, 3.05) is 34.4 Å². The largest absolute Gasteiger partial charge is 0.493 e. The molecule has 0 bridgehead atoms. The second kappa shape index (κ2) is 9.64. The van der Waals surface area contributed by atoms with Crippen molar-refractivity contribution >= 4 is 0 Å². The molecular weight excluding hydrogens is 360 g/mol. The molecule has 1 aliphatic rings. The summed E-state index contributed by atoms with van der Waals surface area (Å²) in [6, 6.07) is 18.0. The van der Waals surface area contributed by atoms with Gasteiger partial charge in [-0.2, -0.15) is 0 Å². The zero-order chi connectivity index (χ0) is 20.9. The zero-order valence-corrected chi connectivity index (χ0v) is 18.7. The van der Waals surface area contributed by atoms with Crippen molar-refractivity contribution in [1.82, 2.24) is 0 Å². The Morgan fingerprint density at radius 2 is 1.72 bits per heavy atom. The van der Waals surface area contributed by atoms with E-state index in [1.807, 2.05) is 6.07 Å². The van der Waals surface area contributed by atoms with Gasteiger partial charge in [0.15, 0.2) is 11.5 Å². The van der Waals surface area contributed by atoms with Crippen molar-refractivity contribution in [2.24, 2.45) is 5.92 Å². The van der Waals surface area contributed by atoms with Gasteiger partial charge in [0.1, 0.15) is 5.54 Å². The number of hydrogen-bond donors (Lipinski definition) is 2. The quantitative estimate of drug-likeness (QED) is 0.711. The second-order valence-electron chi connectivity index (χ2n) is 8.88. The third-order valence-electron chi connectivity index (χ3n) is 6.94. The molecule has 4 nitrogen and oxygen atoms in total. The molecule has 1 aliphatic heterocycles. The normalized spacial score (nSPS) is 26.9. The molecule has 0 amide bonds. The molecule has 0 radical (unpaired) electrons. The van der Waals surface area contributed by atoms with Gasteiger partial charge in [-0.05, 0) is 30.2 Å². The van der Waals surface area contributed by atoms with Gasteiger partial charge >= 0.3 is 0 Å². The van der Waals surface area contributed by atoms with Crippen LogP contribution in [0.2, 0.25) is 0 Å². The van der Waals surface area contributed by atoms with Crippen molar-refractivity contribution in [3.63, 3.8) is 0 Å². The number of methoxy groups -OCH3 is 2. The second-order valence-corrected chi connectivity index (χ2v) is 8.88. The Morgan fingerprint density at radius 3 is 2.41 bits per heavy atom. The van der Waals surface area contributed by atoms with Crippen LogP contribution >= 0.6 is 0 Å². The van der Waals surface area contributed by atoms with E-state index in [4.69, 9.17) is 9.47 Å². The van der Waals surface area contributed by atoms with Gasteiger partial charge in [0.05, 0.1) is 52.7 Å². The first-order chi connectivity index (χ1) is 14.0. The first kappa shape index (κ1) is 21.7. The van der Waals surface area contributed by atoms with Crippen molar-refractivity contribution in [1.29, 1.82) is 0 Å². The molecule has 3 N–H and O–H groups in total. The van der Waals surface area contributed by atoms with E-state index >= 15 is 0 Å². The lowest BCUT2D eigenvalue weighted by atomic mass is 9.72. The highest BCUT2D eigenvalue weighted by Crippen LogP contribution is 2.28. The van der Waals surface area contributed by atoms with Gasteiger partial charge in [-0.25, -0.2) is 0 Å². The number of hydrogen-bond acceptors (Lipinski definition) is 2. The van der Waals surface area contributed by atoms with Crippen molar-refractivity contribution in [3.05, 3.63) is 59.7 Å². The summed E-state index contributed by atoms with van der Waals surface area (Å²) in [5.74, 6) is 2.28. The summed E-state index contributed by atoms with van der Waals surface area (Å²) in [6.07, 6.45) is 3.42. The van der Waals surface area contributed by atoms with E-state index in [0.29, 0.717) is 12.0 Å². The van der Waals surface area contributed by atoms with E-state index in [2.05, 4.69) is 68.7 Å². The summed E-state index contributed by atoms with van der Waals surface area (Å²) in [6.45, 7) is 7.17. The van der Waals surface area contributed by atoms with Crippen LogP contribution in [0, 0.1) is 5.92 Å². The highest BCUT2D eigenvalue weighted by Gasteiger charge is 2.48. The van der Waals surface area contributed by atoms with Crippen molar-refractivity contribution in [3.8, 4) is 11.5 Å². The monoisotopic (exact) mass is 398 g/mol. The van der Waals surface area contributed by atoms with Crippen LogP contribution in [-0.4, -0.2) is 45.9 Å². The van der Waals surface area contributed by atoms with Crippen molar-refractivity contribution in [2.45, 2.75) is 44.7 Å². The average molecular weight is 399 g/mol. The van der Waals surface area contributed by atoms with Crippen LogP contribution in [0.3, 0.4) is 0 Å². The minimum Gasteiger partial charge on any atom is -0.493 e. The lowest BCUT2D eigenvalue weighted by Crippen LogP contribution is -3.18. The third kappa shape index (κ3) is 5.12. The van der Waals surface area contributed by atoms with E-state index < -0.39 is 0 Å². The van der Waals surface area contributed by atoms with E-state index in [0.717, 1.165) is 30.9 Å². The van der Waals surface area contributed by atoms with Gasteiger partial charge in [-0.15, -0.1) is 0 Å². The van der Waals surface area contributed by atoms with Crippen LogP contribution in [0.15, 0.2) is 48.5 Å². The molecular formula is C25H38N2O2+2. The fraction of sp³-hybridized carbons (Fsp3) is 0.520. The predicted molar refractivity (Wildman–Crippen MR) is 118 cm³/mol. The summed E-state index contributed by atoms with van der Waals surface area (Å²) < 4.78 is 10.9. The number of ether oxygens (including phenoxy) is 2. The van der Waals surface area contributed by atoms with Crippen LogP contribution in [-0.2, 0) is 12.8 Å². The van der Waals surface area contributed by atoms with Gasteiger partial charge in [0.2, 0.25) is 0 Å². The summed E-state index contributed by atoms with van der Waals surface area (Å²) in [4.78, 5) is 1.66. The molecule has 1 unspecified atom stereocenters. The molecule has 1 saturated heterocycles. The lowest BCUT2D eigenvalue weighted by molar-refractivity contribution is -0.928. The first-order valence-electron chi connectivity index (χ1n) is 10.9. The Balaban J connectivity index is 1.74. The van der Waals surface area contributed by atoms with E-state index in [1.165, 1.54) is 24.1 Å². The number of likely N-dealkylation sites (tertiary alicyclic amines) is 1. The topological polar surface area (TPSA) is 39.5 Å². The molecule has 0 spiro atoms. The summed E-state index contributed by atoms with van der Waals surface area (Å²) in [5, 5.41) is 2.64. The molecule has 0 saturated carbocycles. The van der Waals surface area contributed by atoms with Crippen LogP contribution in [0.25, 0.3) is 0 Å². The molecule has 3 rings (SSSR count). The van der Waals surface area contributed by atoms with Gasteiger partial charge < -0.3 is 19.7 Å². The molecule has 158 valence electrons. The number of piperidine rings is 1.